The van der Waals surface area contributed by atoms with Gasteiger partial charge in [-0.25, -0.2) is 0 Å². The maximum Gasteiger partial charge on any atom is 0.320 e. The van der Waals surface area contributed by atoms with Gasteiger partial charge in [0.15, 0.2) is 0 Å². The van der Waals surface area contributed by atoms with Gasteiger partial charge >= 0.3 is 5.97 Å². The Morgan fingerprint density at radius 3 is 2.64 bits per heavy atom. The first-order chi connectivity index (χ1) is 4.74. The van der Waals surface area contributed by atoms with Gasteiger partial charge in [-0.1, -0.05) is 13.3 Å². The third kappa shape index (κ3) is 2.67. The highest BCUT2D eigenvalue weighted by molar-refractivity contribution is 5.85. The molecular formula is C7H14ClNO2. The number of hydrogen-bond acceptors (Lipinski definition) is 2. The number of carboxylic acids is 1. The zero-order chi connectivity index (χ0) is 7.56. The van der Waals surface area contributed by atoms with Crippen molar-refractivity contribution in [2.45, 2.75) is 25.8 Å². The number of aliphatic carboxylic acids is 1. The highest BCUT2D eigenvalue weighted by atomic mass is 35.5. The van der Waals surface area contributed by atoms with Crippen LogP contribution in [0.25, 0.3) is 0 Å². The molecule has 3 nitrogen and oxygen atoms in total. The summed E-state index contributed by atoms with van der Waals surface area (Å²) in [6.07, 6.45) is 1.88. The minimum Gasteiger partial charge on any atom is -0.480 e. The molecule has 0 amide bonds. The summed E-state index contributed by atoms with van der Waals surface area (Å²) in [6, 6.07) is -0.287. The van der Waals surface area contributed by atoms with Gasteiger partial charge in [-0.2, -0.15) is 0 Å². The summed E-state index contributed by atoms with van der Waals surface area (Å²) in [6.45, 7) is 2.96. The van der Waals surface area contributed by atoms with Crippen LogP contribution in [0.4, 0.5) is 0 Å². The second-order valence-electron chi connectivity index (χ2n) is 2.81. The van der Waals surface area contributed by atoms with Crippen molar-refractivity contribution in [3.63, 3.8) is 0 Å². The zero-order valence-electron chi connectivity index (χ0n) is 6.54. The lowest BCUT2D eigenvalue weighted by Crippen LogP contribution is -2.29. The quantitative estimate of drug-likeness (QED) is 0.662. The molecule has 2 atom stereocenters. The van der Waals surface area contributed by atoms with Crippen LogP contribution in [0.1, 0.15) is 19.8 Å². The maximum absolute atomic E-state index is 10.4. The Kier molecular flexibility index (Phi) is 4.45. The molecule has 0 spiro atoms. The van der Waals surface area contributed by atoms with Gasteiger partial charge in [0.2, 0.25) is 0 Å². The monoisotopic (exact) mass is 179 g/mol. The second kappa shape index (κ2) is 4.57. The van der Waals surface area contributed by atoms with Crippen LogP contribution in [0.3, 0.4) is 0 Å². The highest BCUT2D eigenvalue weighted by Crippen LogP contribution is 2.16. The van der Waals surface area contributed by atoms with E-state index in [0.29, 0.717) is 5.92 Å². The van der Waals surface area contributed by atoms with Crippen LogP contribution in [0.2, 0.25) is 0 Å². The molecule has 0 bridgehead atoms. The third-order valence-electron chi connectivity index (χ3n) is 2.10. The van der Waals surface area contributed by atoms with Gasteiger partial charge < -0.3 is 10.4 Å². The molecule has 0 radical (unpaired) electrons. The fraction of sp³-hybridized carbons (Fsp3) is 0.857. The zero-order valence-corrected chi connectivity index (χ0v) is 7.36. The smallest absolute Gasteiger partial charge is 0.320 e. The average molecular weight is 180 g/mol. The molecule has 11 heavy (non-hydrogen) atoms. The van der Waals surface area contributed by atoms with Gasteiger partial charge in [-0.05, 0) is 18.9 Å². The third-order valence-corrected chi connectivity index (χ3v) is 2.10. The first-order valence-electron chi connectivity index (χ1n) is 3.70. The summed E-state index contributed by atoms with van der Waals surface area (Å²) in [5.74, 6) is -0.142. The van der Waals surface area contributed by atoms with E-state index in [9.17, 15) is 4.79 Å². The average Bonchev–Trinajstić information content (AvgIpc) is 2.34. The first-order valence-corrected chi connectivity index (χ1v) is 3.70. The number of carboxylic acid groups (broad SMARTS) is 1. The van der Waals surface area contributed by atoms with Crippen LogP contribution in [0.15, 0.2) is 0 Å². The standard InChI is InChI=1S/C7H13NO2.ClH/c1-2-5-3-6(7(9)10)8-4-5;/h5-6,8H,2-4H2,1H3,(H,9,10);1H/t5-,6-;/m1./s1. The van der Waals surface area contributed by atoms with Crippen molar-refractivity contribution in [1.29, 1.82) is 0 Å². The number of rotatable bonds is 2. The summed E-state index contributed by atoms with van der Waals surface area (Å²) in [5, 5.41) is 11.5. The van der Waals surface area contributed by atoms with E-state index in [1.54, 1.807) is 0 Å². The second-order valence-corrected chi connectivity index (χ2v) is 2.81. The van der Waals surface area contributed by atoms with Gasteiger partial charge in [0, 0.05) is 0 Å². The molecule has 0 saturated carbocycles. The minimum absolute atomic E-state index is 0. The molecule has 1 saturated heterocycles. The van der Waals surface area contributed by atoms with Crippen LogP contribution >= 0.6 is 12.4 Å². The fourth-order valence-electron chi connectivity index (χ4n) is 1.31. The van der Waals surface area contributed by atoms with E-state index in [4.69, 9.17) is 5.11 Å². The van der Waals surface area contributed by atoms with Crippen molar-refractivity contribution in [3.8, 4) is 0 Å². The van der Waals surface area contributed by atoms with Crippen LogP contribution < -0.4 is 5.32 Å². The lowest BCUT2D eigenvalue weighted by Gasteiger charge is -2.02. The first kappa shape index (κ1) is 10.7. The van der Waals surface area contributed by atoms with E-state index in [2.05, 4.69) is 12.2 Å². The number of nitrogens with one attached hydrogen (secondary N) is 1. The molecule has 0 unspecified atom stereocenters. The minimum atomic E-state index is -0.712. The number of halogens is 1. The summed E-state index contributed by atoms with van der Waals surface area (Å²) < 4.78 is 0. The Morgan fingerprint density at radius 2 is 2.36 bits per heavy atom. The van der Waals surface area contributed by atoms with Gasteiger partial charge in [0.25, 0.3) is 0 Å². The Bertz CT molecular complexity index is 140. The Hall–Kier alpha value is -0.280. The van der Waals surface area contributed by atoms with Crippen LogP contribution in [-0.4, -0.2) is 23.7 Å². The molecule has 1 fully saturated rings. The van der Waals surface area contributed by atoms with Gasteiger partial charge in [-0.3, -0.25) is 4.79 Å². The van der Waals surface area contributed by atoms with E-state index in [0.717, 1.165) is 19.4 Å². The molecule has 4 heteroatoms. The molecular weight excluding hydrogens is 166 g/mol. The van der Waals surface area contributed by atoms with E-state index in [-0.39, 0.29) is 18.4 Å². The Balaban J connectivity index is 0.000001000. The van der Waals surface area contributed by atoms with Crippen molar-refractivity contribution in [2.75, 3.05) is 6.54 Å². The summed E-state index contributed by atoms with van der Waals surface area (Å²) in [4.78, 5) is 10.4. The van der Waals surface area contributed by atoms with Gasteiger partial charge in [0.1, 0.15) is 6.04 Å². The molecule has 1 rings (SSSR count). The molecule has 1 heterocycles. The van der Waals surface area contributed by atoms with Crippen molar-refractivity contribution < 1.29 is 9.90 Å². The Morgan fingerprint density at radius 1 is 1.73 bits per heavy atom. The van der Waals surface area contributed by atoms with Gasteiger partial charge in [0.05, 0.1) is 0 Å². The van der Waals surface area contributed by atoms with Crippen LogP contribution in [0, 0.1) is 5.92 Å². The summed E-state index contributed by atoms with van der Waals surface area (Å²) in [5.41, 5.74) is 0. The Labute approximate surface area is 72.6 Å². The lowest BCUT2D eigenvalue weighted by atomic mass is 10.0. The van der Waals surface area contributed by atoms with E-state index in [1.165, 1.54) is 0 Å². The fourth-order valence-corrected chi connectivity index (χ4v) is 1.31. The molecule has 1 aliphatic heterocycles. The molecule has 0 aromatic rings. The van der Waals surface area contributed by atoms with Crippen LogP contribution in [0.5, 0.6) is 0 Å². The van der Waals surface area contributed by atoms with E-state index >= 15 is 0 Å². The molecule has 1 aliphatic rings. The highest BCUT2D eigenvalue weighted by Gasteiger charge is 2.27. The van der Waals surface area contributed by atoms with Gasteiger partial charge in [-0.15, -0.1) is 12.4 Å². The van der Waals surface area contributed by atoms with Crippen molar-refractivity contribution in [2.24, 2.45) is 5.92 Å². The predicted molar refractivity (Wildman–Crippen MR) is 45.1 cm³/mol. The SMILES string of the molecule is CC[C@H]1CN[C@@H](C(=O)O)C1.Cl. The summed E-state index contributed by atoms with van der Waals surface area (Å²) >= 11 is 0. The number of carbonyl (C=O) groups is 1. The largest absolute Gasteiger partial charge is 0.480 e. The number of hydrogen-bond donors (Lipinski definition) is 2. The molecule has 2 N–H and O–H groups in total. The van der Waals surface area contributed by atoms with Crippen molar-refractivity contribution in [3.05, 3.63) is 0 Å². The topological polar surface area (TPSA) is 49.3 Å². The normalized spacial score (nSPS) is 29.5. The van der Waals surface area contributed by atoms with Crippen molar-refractivity contribution >= 4 is 18.4 Å². The van der Waals surface area contributed by atoms with Crippen molar-refractivity contribution in [1.82, 2.24) is 5.32 Å². The lowest BCUT2D eigenvalue weighted by molar-refractivity contribution is -0.139. The van der Waals surface area contributed by atoms with E-state index in [1.807, 2.05) is 0 Å². The van der Waals surface area contributed by atoms with Crippen LogP contribution in [-0.2, 0) is 4.79 Å². The summed E-state index contributed by atoms with van der Waals surface area (Å²) in [7, 11) is 0. The molecule has 66 valence electrons. The molecule has 0 aliphatic carbocycles. The molecule has 0 aromatic carbocycles. The molecule has 0 aromatic heterocycles. The van der Waals surface area contributed by atoms with E-state index < -0.39 is 5.97 Å². The maximum atomic E-state index is 10.4. The predicted octanol–water partition coefficient (Wildman–Crippen LogP) is 0.881.